The second-order valence-corrected chi connectivity index (χ2v) is 10.7. The van der Waals surface area contributed by atoms with Gasteiger partial charge in [-0.2, -0.15) is 5.26 Å². The Kier molecular flexibility index (Phi) is 9.30. The number of benzene rings is 3. The van der Waals surface area contributed by atoms with Gasteiger partial charge in [-0.1, -0.05) is 54.6 Å². The summed E-state index contributed by atoms with van der Waals surface area (Å²) in [7, 11) is 3.20. The summed E-state index contributed by atoms with van der Waals surface area (Å²) in [4.78, 5) is 26.9. The van der Waals surface area contributed by atoms with Gasteiger partial charge in [-0.15, -0.1) is 0 Å². The molecular formula is C34H35N3O7. The molecule has 3 aromatic carbocycles. The summed E-state index contributed by atoms with van der Waals surface area (Å²) in [5.41, 5.74) is 0.388. The van der Waals surface area contributed by atoms with Gasteiger partial charge in [-0.05, 0) is 54.3 Å². The van der Waals surface area contributed by atoms with Gasteiger partial charge >= 0.3 is 5.69 Å². The molecule has 2 heterocycles. The van der Waals surface area contributed by atoms with E-state index in [-0.39, 0.29) is 19.3 Å². The third kappa shape index (κ3) is 6.03. The molecule has 10 nitrogen and oxygen atoms in total. The molecule has 0 aliphatic carbocycles. The molecule has 0 saturated carbocycles. The molecule has 44 heavy (non-hydrogen) atoms. The molecular weight excluding hydrogens is 562 g/mol. The van der Waals surface area contributed by atoms with E-state index in [9.17, 15) is 20.0 Å². The fourth-order valence-electron chi connectivity index (χ4n) is 5.74. The lowest BCUT2D eigenvalue weighted by Gasteiger charge is -2.41. The number of nitriles is 1. The van der Waals surface area contributed by atoms with Crippen LogP contribution in [0.5, 0.6) is 11.5 Å². The molecule has 0 amide bonds. The van der Waals surface area contributed by atoms with Crippen molar-refractivity contribution in [1.29, 1.82) is 5.26 Å². The molecule has 0 radical (unpaired) electrons. The first kappa shape index (κ1) is 30.8. The Bertz CT molecular complexity index is 1660. The third-order valence-corrected chi connectivity index (χ3v) is 8.00. The minimum atomic E-state index is -1.22. The number of aliphatic hydroxyl groups excluding tert-OH is 1. The van der Waals surface area contributed by atoms with Crippen LogP contribution in [0.2, 0.25) is 0 Å². The minimum absolute atomic E-state index is 0.0892. The molecule has 1 aliphatic rings. The highest BCUT2D eigenvalue weighted by molar-refractivity contribution is 5.50. The zero-order chi connectivity index (χ0) is 31.3. The average molecular weight is 598 g/mol. The summed E-state index contributed by atoms with van der Waals surface area (Å²) in [6, 6.07) is 27.0. The minimum Gasteiger partial charge on any atom is -0.497 e. The van der Waals surface area contributed by atoms with Crippen LogP contribution >= 0.6 is 0 Å². The molecule has 0 spiro atoms. The number of ether oxygens (including phenoxy) is 4. The third-order valence-electron chi connectivity index (χ3n) is 8.00. The van der Waals surface area contributed by atoms with Crippen LogP contribution in [0.3, 0.4) is 0 Å². The summed E-state index contributed by atoms with van der Waals surface area (Å²) in [5, 5.41) is 20.9. The van der Waals surface area contributed by atoms with Crippen molar-refractivity contribution in [2.24, 2.45) is 0 Å². The number of H-pyrrole nitrogens is 1. The summed E-state index contributed by atoms with van der Waals surface area (Å²) >= 11 is 0. The first-order valence-corrected chi connectivity index (χ1v) is 14.4. The molecule has 1 aromatic heterocycles. The van der Waals surface area contributed by atoms with Crippen LogP contribution in [0.1, 0.15) is 47.7 Å². The Morgan fingerprint density at radius 2 is 1.55 bits per heavy atom. The zero-order valence-corrected chi connectivity index (χ0v) is 24.8. The summed E-state index contributed by atoms with van der Waals surface area (Å²) in [5.74, 6) is 1.34. The number of aliphatic hydroxyl groups is 1. The van der Waals surface area contributed by atoms with Crippen LogP contribution in [0.15, 0.2) is 94.6 Å². The molecule has 1 saturated heterocycles. The molecule has 1 fully saturated rings. The molecule has 4 aromatic rings. The van der Waals surface area contributed by atoms with Gasteiger partial charge in [0.05, 0.1) is 32.5 Å². The molecule has 10 heteroatoms. The number of aromatic amines is 1. The largest absolute Gasteiger partial charge is 0.497 e. The molecule has 5 rings (SSSR count). The van der Waals surface area contributed by atoms with Crippen molar-refractivity contribution in [3.8, 4) is 17.6 Å². The van der Waals surface area contributed by atoms with Crippen molar-refractivity contribution in [2.75, 3.05) is 14.2 Å². The van der Waals surface area contributed by atoms with Gasteiger partial charge in [0, 0.05) is 24.6 Å². The molecule has 4 atom stereocenters. The van der Waals surface area contributed by atoms with Crippen LogP contribution < -0.4 is 20.7 Å². The highest BCUT2D eigenvalue weighted by atomic mass is 16.6. The normalized spacial score (nSPS) is 18.8. The van der Waals surface area contributed by atoms with Crippen molar-refractivity contribution < 1.29 is 24.1 Å². The van der Waals surface area contributed by atoms with Gasteiger partial charge in [-0.25, -0.2) is 4.79 Å². The maximum Gasteiger partial charge on any atom is 0.330 e. The lowest BCUT2D eigenvalue weighted by molar-refractivity contribution is -0.146. The van der Waals surface area contributed by atoms with Gasteiger partial charge < -0.3 is 24.1 Å². The van der Waals surface area contributed by atoms with Crippen LogP contribution in [0, 0.1) is 18.3 Å². The van der Waals surface area contributed by atoms with Crippen molar-refractivity contribution in [3.05, 3.63) is 128 Å². The zero-order valence-electron chi connectivity index (χ0n) is 24.8. The number of rotatable bonds is 11. The predicted molar refractivity (Wildman–Crippen MR) is 163 cm³/mol. The van der Waals surface area contributed by atoms with Gasteiger partial charge in [0.2, 0.25) is 0 Å². The Labute approximate surface area is 255 Å². The Morgan fingerprint density at radius 1 is 0.977 bits per heavy atom. The number of aromatic nitrogens is 2. The maximum absolute atomic E-state index is 12.7. The van der Waals surface area contributed by atoms with Crippen molar-refractivity contribution in [1.82, 2.24) is 9.55 Å². The topological polar surface area (TPSA) is 136 Å². The molecule has 1 unspecified atom stereocenters. The number of hydrogen-bond acceptors (Lipinski definition) is 8. The van der Waals surface area contributed by atoms with Gasteiger partial charge in [0.25, 0.3) is 5.56 Å². The predicted octanol–water partition coefficient (Wildman–Crippen LogP) is 4.19. The van der Waals surface area contributed by atoms with Gasteiger partial charge in [0.15, 0.2) is 0 Å². The standard InChI is InChI=1S/C34H35N3O7/c1-22-21-37(33(40)36-32(22)39)30-20-28(38)31(43-30)29(10-7-19-35)44-34(23-8-5-4-6-9-23,24-11-15-26(41-2)16-12-24)25-13-17-27(42-3)18-14-25/h4-6,8-9,11-18,21,28-31,38H,7,10,20H2,1-3H3,(H,36,39,40)/t28-,29?,30+,31-/m0/s1. The Morgan fingerprint density at radius 3 is 2.09 bits per heavy atom. The highest BCUT2D eigenvalue weighted by Gasteiger charge is 2.46. The van der Waals surface area contributed by atoms with E-state index in [1.807, 2.05) is 78.9 Å². The van der Waals surface area contributed by atoms with Crippen molar-refractivity contribution in [2.45, 2.75) is 56.3 Å². The van der Waals surface area contributed by atoms with Gasteiger partial charge in [-0.3, -0.25) is 14.3 Å². The SMILES string of the molecule is COc1ccc(C(OC(CCC#N)[C@H]2O[C@@H](n3cc(C)c(=O)[nH]c3=O)C[C@@H]2O)(c2ccccc2)c2ccc(OC)cc2)cc1. The van der Waals surface area contributed by atoms with E-state index in [2.05, 4.69) is 11.1 Å². The van der Waals surface area contributed by atoms with E-state index in [1.165, 1.54) is 10.8 Å². The summed E-state index contributed by atoms with van der Waals surface area (Å²) < 4.78 is 25.7. The van der Waals surface area contributed by atoms with Crippen molar-refractivity contribution in [3.63, 3.8) is 0 Å². The molecule has 1 aliphatic heterocycles. The van der Waals surface area contributed by atoms with E-state index in [0.29, 0.717) is 17.1 Å². The second kappa shape index (κ2) is 13.3. The van der Waals surface area contributed by atoms with E-state index in [0.717, 1.165) is 16.7 Å². The lowest BCUT2D eigenvalue weighted by Crippen LogP contribution is -2.44. The number of nitrogens with one attached hydrogen (secondary N) is 1. The Hall–Kier alpha value is -4.69. The van der Waals surface area contributed by atoms with E-state index >= 15 is 0 Å². The van der Waals surface area contributed by atoms with Crippen LogP contribution in [-0.4, -0.2) is 47.2 Å². The van der Waals surface area contributed by atoms with Crippen LogP contribution in [0.25, 0.3) is 0 Å². The number of aryl methyl sites for hydroxylation is 1. The monoisotopic (exact) mass is 597 g/mol. The number of methoxy groups -OCH3 is 2. The second-order valence-electron chi connectivity index (χ2n) is 10.7. The highest BCUT2D eigenvalue weighted by Crippen LogP contribution is 2.45. The fraction of sp³-hybridized carbons (Fsp3) is 0.324. The Balaban J connectivity index is 1.64. The van der Waals surface area contributed by atoms with Crippen LogP contribution in [0.4, 0.5) is 0 Å². The lowest BCUT2D eigenvalue weighted by atomic mass is 9.79. The quantitative estimate of drug-likeness (QED) is 0.246. The molecule has 2 N–H and O–H groups in total. The molecule has 0 bridgehead atoms. The van der Waals surface area contributed by atoms with E-state index < -0.39 is 41.4 Å². The maximum atomic E-state index is 12.7. The first-order chi connectivity index (χ1) is 21.3. The molecule has 228 valence electrons. The van der Waals surface area contributed by atoms with Crippen LogP contribution in [-0.2, 0) is 15.1 Å². The smallest absolute Gasteiger partial charge is 0.330 e. The van der Waals surface area contributed by atoms with E-state index in [1.54, 1.807) is 21.1 Å². The summed E-state index contributed by atoms with van der Waals surface area (Å²) in [6.45, 7) is 1.59. The van der Waals surface area contributed by atoms with Crippen molar-refractivity contribution >= 4 is 0 Å². The van der Waals surface area contributed by atoms with Gasteiger partial charge in [0.1, 0.15) is 29.4 Å². The fourth-order valence-corrected chi connectivity index (χ4v) is 5.74. The first-order valence-electron chi connectivity index (χ1n) is 14.4. The van der Waals surface area contributed by atoms with E-state index in [4.69, 9.17) is 18.9 Å². The average Bonchev–Trinajstić information content (AvgIpc) is 3.44. The number of nitrogens with zero attached hydrogens (tertiary/aromatic N) is 2. The summed E-state index contributed by atoms with van der Waals surface area (Å²) in [6.07, 6.45) is -1.67. The number of hydrogen-bond donors (Lipinski definition) is 2.